The lowest BCUT2D eigenvalue weighted by molar-refractivity contribution is 0.393. The molecular weight excluding hydrogens is 272 g/mol. The van der Waals surface area contributed by atoms with Gasteiger partial charge < -0.3 is 9.47 Å². The summed E-state index contributed by atoms with van der Waals surface area (Å²) in [5, 5.41) is 0. The minimum absolute atomic E-state index is 0.0571. The van der Waals surface area contributed by atoms with Gasteiger partial charge in [0, 0.05) is 17.5 Å². The molecule has 2 heteroatoms. The Kier molecular flexibility index (Phi) is 5.68. The summed E-state index contributed by atoms with van der Waals surface area (Å²) >= 11 is 0. The van der Waals surface area contributed by atoms with Gasteiger partial charge in [0.05, 0.1) is 14.2 Å². The van der Waals surface area contributed by atoms with Crippen LogP contribution in [0.1, 0.15) is 23.5 Å². The highest BCUT2D eigenvalue weighted by molar-refractivity contribution is 5.44. The minimum atomic E-state index is 0.0571. The Morgan fingerprint density at radius 2 is 1.68 bits per heavy atom. The molecule has 22 heavy (non-hydrogen) atoms. The first-order chi connectivity index (χ1) is 10.8. The first kappa shape index (κ1) is 15.7. The van der Waals surface area contributed by atoms with Gasteiger partial charge in [0.2, 0.25) is 0 Å². The molecule has 1 atom stereocenters. The number of benzene rings is 2. The molecule has 0 heterocycles. The van der Waals surface area contributed by atoms with Crippen LogP contribution in [-0.2, 0) is 0 Å². The Bertz CT molecular complexity index is 656. The summed E-state index contributed by atoms with van der Waals surface area (Å²) in [5.74, 6) is 8.14. The summed E-state index contributed by atoms with van der Waals surface area (Å²) in [6.07, 6.45) is 2.66. The zero-order valence-electron chi connectivity index (χ0n) is 13.0. The molecule has 0 amide bonds. The van der Waals surface area contributed by atoms with Crippen molar-refractivity contribution in [3.63, 3.8) is 0 Å². The molecule has 0 radical (unpaired) electrons. The van der Waals surface area contributed by atoms with E-state index in [9.17, 15) is 0 Å². The van der Waals surface area contributed by atoms with E-state index in [1.54, 1.807) is 14.2 Å². The van der Waals surface area contributed by atoms with Crippen LogP contribution in [0.4, 0.5) is 0 Å². The van der Waals surface area contributed by atoms with Crippen LogP contribution in [0.25, 0.3) is 0 Å². The van der Waals surface area contributed by atoms with Crippen molar-refractivity contribution < 1.29 is 9.47 Å². The first-order valence-corrected chi connectivity index (χ1v) is 7.17. The molecule has 0 aliphatic heterocycles. The van der Waals surface area contributed by atoms with Gasteiger partial charge in [0.1, 0.15) is 11.5 Å². The lowest BCUT2D eigenvalue weighted by Crippen LogP contribution is -1.97. The van der Waals surface area contributed by atoms with Gasteiger partial charge in [0.15, 0.2) is 0 Å². The molecule has 112 valence electrons. The van der Waals surface area contributed by atoms with E-state index in [1.807, 2.05) is 54.6 Å². The molecule has 1 unspecified atom stereocenters. The highest BCUT2D eigenvalue weighted by Crippen LogP contribution is 2.29. The molecule has 2 aromatic carbocycles. The first-order valence-electron chi connectivity index (χ1n) is 7.17. The zero-order chi connectivity index (χ0) is 15.8. The highest BCUT2D eigenvalue weighted by Gasteiger charge is 2.10. The molecular formula is C20H20O2. The van der Waals surface area contributed by atoms with E-state index >= 15 is 0 Å². The van der Waals surface area contributed by atoms with Crippen LogP contribution >= 0.6 is 0 Å². The van der Waals surface area contributed by atoms with Gasteiger partial charge in [-0.2, -0.15) is 0 Å². The third-order valence-corrected chi connectivity index (χ3v) is 3.34. The van der Waals surface area contributed by atoms with Crippen molar-refractivity contribution in [1.82, 2.24) is 0 Å². The third-order valence-electron chi connectivity index (χ3n) is 3.34. The molecule has 0 bridgehead atoms. The van der Waals surface area contributed by atoms with Crippen LogP contribution < -0.4 is 9.47 Å². The standard InChI is InChI=1S/C20H20O2/c1-4-8-17(12-11-16-9-6-5-7-10-16)18-13-19(21-2)15-20(14-18)22-3/h4-7,9-10,13-15,17H,1,8H2,2-3H3. The van der Waals surface area contributed by atoms with Gasteiger partial charge in [-0.15, -0.1) is 6.58 Å². The fraction of sp³-hybridized carbons (Fsp3) is 0.200. The highest BCUT2D eigenvalue weighted by atomic mass is 16.5. The largest absolute Gasteiger partial charge is 0.497 e. The Morgan fingerprint density at radius 3 is 2.23 bits per heavy atom. The maximum Gasteiger partial charge on any atom is 0.122 e. The van der Waals surface area contributed by atoms with E-state index in [4.69, 9.17) is 9.47 Å². The molecule has 0 saturated carbocycles. The molecule has 2 rings (SSSR count). The Labute approximate surface area is 132 Å². The second-order valence-electron chi connectivity index (χ2n) is 4.86. The van der Waals surface area contributed by atoms with Crippen LogP contribution in [-0.4, -0.2) is 14.2 Å². The average molecular weight is 292 g/mol. The predicted octanol–water partition coefficient (Wildman–Crippen LogP) is 4.42. The molecule has 0 aliphatic carbocycles. The van der Waals surface area contributed by atoms with Crippen LogP contribution in [0.3, 0.4) is 0 Å². The van der Waals surface area contributed by atoms with E-state index in [0.29, 0.717) is 0 Å². The van der Waals surface area contributed by atoms with Crippen molar-refractivity contribution in [2.24, 2.45) is 0 Å². The number of methoxy groups -OCH3 is 2. The van der Waals surface area contributed by atoms with Crippen LogP contribution in [0.15, 0.2) is 61.2 Å². The molecule has 0 N–H and O–H groups in total. The van der Waals surface area contributed by atoms with Gasteiger partial charge in [-0.25, -0.2) is 0 Å². The van der Waals surface area contributed by atoms with Crippen LogP contribution in [0.5, 0.6) is 11.5 Å². The van der Waals surface area contributed by atoms with Gasteiger partial charge in [-0.3, -0.25) is 0 Å². The summed E-state index contributed by atoms with van der Waals surface area (Å²) < 4.78 is 10.7. The third kappa shape index (κ3) is 4.17. The molecule has 0 spiro atoms. The monoisotopic (exact) mass is 292 g/mol. The second kappa shape index (κ2) is 7.95. The SMILES string of the molecule is C=CCC(C#Cc1ccccc1)c1cc(OC)cc(OC)c1. The lowest BCUT2D eigenvalue weighted by atomic mass is 9.95. The molecule has 0 aliphatic rings. The van der Waals surface area contributed by atoms with Crippen molar-refractivity contribution >= 4 is 0 Å². The molecule has 0 saturated heterocycles. The van der Waals surface area contributed by atoms with Crippen LogP contribution in [0, 0.1) is 11.8 Å². The summed E-state index contributed by atoms with van der Waals surface area (Å²) in [5.41, 5.74) is 2.07. The van der Waals surface area contributed by atoms with E-state index in [2.05, 4.69) is 18.4 Å². The van der Waals surface area contributed by atoms with Gasteiger partial charge in [-0.05, 0) is 36.2 Å². The average Bonchev–Trinajstić information content (AvgIpc) is 2.59. The molecule has 0 aromatic heterocycles. The van der Waals surface area contributed by atoms with Crippen molar-refractivity contribution in [2.45, 2.75) is 12.3 Å². The molecule has 2 nitrogen and oxygen atoms in total. The predicted molar refractivity (Wildman–Crippen MR) is 90.4 cm³/mol. The van der Waals surface area contributed by atoms with E-state index < -0.39 is 0 Å². The van der Waals surface area contributed by atoms with Crippen molar-refractivity contribution in [3.05, 3.63) is 72.3 Å². The fourth-order valence-corrected chi connectivity index (χ4v) is 2.17. The number of allylic oxidation sites excluding steroid dienone is 1. The van der Waals surface area contributed by atoms with Gasteiger partial charge in [-0.1, -0.05) is 36.1 Å². The molecule has 2 aromatic rings. The fourth-order valence-electron chi connectivity index (χ4n) is 2.17. The smallest absolute Gasteiger partial charge is 0.122 e. The Morgan fingerprint density at radius 1 is 1.05 bits per heavy atom. The van der Waals surface area contributed by atoms with Gasteiger partial charge in [0.25, 0.3) is 0 Å². The second-order valence-corrected chi connectivity index (χ2v) is 4.86. The topological polar surface area (TPSA) is 18.5 Å². The quantitative estimate of drug-likeness (QED) is 0.600. The van der Waals surface area contributed by atoms with E-state index in [0.717, 1.165) is 29.0 Å². The van der Waals surface area contributed by atoms with Crippen molar-refractivity contribution in [1.29, 1.82) is 0 Å². The van der Waals surface area contributed by atoms with Crippen LogP contribution in [0.2, 0.25) is 0 Å². The van der Waals surface area contributed by atoms with E-state index in [-0.39, 0.29) is 5.92 Å². The Hall–Kier alpha value is -2.66. The minimum Gasteiger partial charge on any atom is -0.497 e. The maximum atomic E-state index is 5.33. The lowest BCUT2D eigenvalue weighted by Gasteiger charge is -2.12. The summed E-state index contributed by atoms with van der Waals surface area (Å²) in [7, 11) is 3.30. The van der Waals surface area contributed by atoms with E-state index in [1.165, 1.54) is 0 Å². The summed E-state index contributed by atoms with van der Waals surface area (Å²) in [6, 6.07) is 15.8. The number of rotatable bonds is 5. The number of ether oxygens (including phenoxy) is 2. The zero-order valence-corrected chi connectivity index (χ0v) is 13.0. The Balaban J connectivity index is 2.36. The van der Waals surface area contributed by atoms with Crippen molar-refractivity contribution in [3.8, 4) is 23.3 Å². The number of hydrogen-bond donors (Lipinski definition) is 0. The number of hydrogen-bond acceptors (Lipinski definition) is 2. The normalized spacial score (nSPS) is 11.0. The maximum absolute atomic E-state index is 5.33. The summed E-state index contributed by atoms with van der Waals surface area (Å²) in [6.45, 7) is 3.84. The van der Waals surface area contributed by atoms with Crippen molar-refractivity contribution in [2.75, 3.05) is 14.2 Å². The summed E-state index contributed by atoms with van der Waals surface area (Å²) in [4.78, 5) is 0. The van der Waals surface area contributed by atoms with Gasteiger partial charge >= 0.3 is 0 Å². The molecule has 0 fully saturated rings.